The van der Waals surface area contributed by atoms with Gasteiger partial charge in [-0.1, -0.05) is 238 Å². The van der Waals surface area contributed by atoms with Crippen molar-refractivity contribution in [2.45, 2.75) is 296 Å². The van der Waals surface area contributed by atoms with Gasteiger partial charge in [-0.3, -0.25) is 0 Å². The predicted molar refractivity (Wildman–Crippen MR) is 298 cm³/mol. The van der Waals surface area contributed by atoms with Crippen LogP contribution in [0, 0.1) is 50.2 Å². The Hall–Kier alpha value is -0.460. The lowest BCUT2D eigenvalue weighted by Crippen LogP contribution is -2.71. The van der Waals surface area contributed by atoms with Crippen LogP contribution in [-0.2, 0) is 0 Å². The van der Waals surface area contributed by atoms with Crippen LogP contribution in [0.25, 0.3) is 0 Å². The van der Waals surface area contributed by atoms with E-state index >= 15 is 0 Å². The van der Waals surface area contributed by atoms with Crippen molar-refractivity contribution in [3.63, 3.8) is 0 Å². The third kappa shape index (κ3) is 15.6. The minimum atomic E-state index is -1.17. The first kappa shape index (κ1) is 130. The molecule has 0 aromatic carbocycles. The predicted octanol–water partition coefficient (Wildman–Crippen LogP) is 19.3. The second-order valence-corrected chi connectivity index (χ2v) is 15.3. The average Bonchev–Trinajstić information content (AvgIpc) is 2.76. The van der Waals surface area contributed by atoms with E-state index in [0.29, 0.717) is 24.7 Å². The second kappa shape index (κ2) is 39.2. The van der Waals surface area contributed by atoms with Crippen LogP contribution in [0.1, 0.15) is 272 Å². The molecule has 0 saturated heterocycles. The Morgan fingerprint density at radius 3 is 1.25 bits per heavy atom. The lowest BCUT2D eigenvalue weighted by atomic mass is 9.33. The highest BCUT2D eigenvalue weighted by molar-refractivity contribution is 5.36. The summed E-state index contributed by atoms with van der Waals surface area (Å²) in [5.41, 5.74) is -0.580. The van der Waals surface area contributed by atoms with E-state index < -0.39 is 29.1 Å². The van der Waals surface area contributed by atoms with Crippen molar-refractivity contribution < 1.29 is 25.5 Å². The number of allylic oxidation sites excluding steroid dienone is 2. The fourth-order valence-electron chi connectivity index (χ4n) is 10.9. The molecule has 0 radical (unpaired) electrons. The van der Waals surface area contributed by atoms with E-state index in [9.17, 15) is 25.5 Å². The minimum absolute atomic E-state index is 0. The van der Waals surface area contributed by atoms with Gasteiger partial charge in [0, 0.05) is 0 Å². The summed E-state index contributed by atoms with van der Waals surface area (Å²) in [6, 6.07) is 0. The van der Waals surface area contributed by atoms with Crippen molar-refractivity contribution in [3.05, 3.63) is 11.6 Å². The molecule has 3 unspecified atom stereocenters. The number of rotatable bonds is 1. The molecule has 0 aromatic rings. The lowest BCUT2D eigenvalue weighted by molar-refractivity contribution is -0.257. The van der Waals surface area contributed by atoms with E-state index in [-0.39, 0.29) is 219 Å². The molecule has 392 valence electrons. The molecule has 59 heavy (non-hydrogen) atoms. The van der Waals surface area contributed by atoms with Crippen LogP contribution in [0.4, 0.5) is 0 Å². The van der Waals surface area contributed by atoms with Crippen LogP contribution < -0.4 is 0 Å². The van der Waals surface area contributed by atoms with E-state index in [1.54, 1.807) is 0 Å². The van der Waals surface area contributed by atoms with Gasteiger partial charge in [0.1, 0.15) is 0 Å². The molecule has 5 nitrogen and oxygen atoms in total. The van der Waals surface area contributed by atoms with Crippen molar-refractivity contribution in [3.8, 4) is 0 Å². The SMILES string of the molecule is C.C.C.C.C.C.C.C.C.C.C.C.C.C.C.C.C.C.C.C.C.C.C.C.CC1(C)CC2C3=CCC4[C@@]5(C)CC[C@H](O)C(C)(C)C5CC[C@@]4(C)[C@]3(C)C[C@@H](O)[C@@]2(CO)[C@@H](O)[C@@H]1O. The summed E-state index contributed by atoms with van der Waals surface area (Å²) >= 11 is 0. The maximum absolute atomic E-state index is 11.7. The van der Waals surface area contributed by atoms with Gasteiger partial charge in [0.25, 0.3) is 0 Å². The first-order valence-corrected chi connectivity index (χ1v) is 14.1. The van der Waals surface area contributed by atoms with Gasteiger partial charge < -0.3 is 25.5 Å². The summed E-state index contributed by atoms with van der Waals surface area (Å²) in [5, 5.41) is 55.6. The van der Waals surface area contributed by atoms with Gasteiger partial charge >= 0.3 is 0 Å². The normalized spacial score (nSPS) is 33.6. The van der Waals surface area contributed by atoms with Crippen LogP contribution in [0.15, 0.2) is 11.6 Å². The van der Waals surface area contributed by atoms with Crippen LogP contribution in [0.2, 0.25) is 0 Å². The highest BCUT2D eigenvalue weighted by Crippen LogP contribution is 2.75. The van der Waals surface area contributed by atoms with Gasteiger partial charge in [0.15, 0.2) is 0 Å². The van der Waals surface area contributed by atoms with Crippen molar-refractivity contribution in [1.82, 2.24) is 0 Å². The third-order valence-corrected chi connectivity index (χ3v) is 13.4. The van der Waals surface area contributed by atoms with Crippen molar-refractivity contribution in [2.75, 3.05) is 6.61 Å². The topological polar surface area (TPSA) is 101 Å². The summed E-state index contributed by atoms with van der Waals surface area (Å²) in [7, 11) is 0. The standard InChI is InChI=1S/C30H50O5.24CH4/c1-25(2)14-18-17-8-9-20-27(5)12-11-21(32)26(3,4)19(27)10-13-28(20,6)29(17,7)15-22(33)30(18,16-31)24(35)23(25)34;;;;;;;;;;;;;;;;;;;;;;;;/h8,18-24,31-35H,9-16H2,1-7H3;24*1H4/t18?,19?,20?,21-,22+,23-,24-,27-,28+,29+,30-;;;;;;;;;;;;;;;;;;;;;;;;/m0......................../s1. The number of fused-ring (bicyclic) bond motifs is 7. The zero-order valence-corrected chi connectivity index (χ0v) is 23.0. The molecular formula is C54H146O5. The van der Waals surface area contributed by atoms with Crippen LogP contribution in [-0.4, -0.2) is 56.6 Å². The highest BCUT2D eigenvalue weighted by Gasteiger charge is 2.72. The summed E-state index contributed by atoms with van der Waals surface area (Å²) < 4.78 is 0. The fraction of sp³-hybridized carbons (Fsp3) is 0.963. The molecule has 0 aromatic heterocycles. The summed E-state index contributed by atoms with van der Waals surface area (Å²) in [5.74, 6) is 0.754. The van der Waals surface area contributed by atoms with E-state index in [1.165, 1.54) is 5.57 Å². The summed E-state index contributed by atoms with van der Waals surface area (Å²) in [4.78, 5) is 0. The van der Waals surface area contributed by atoms with Crippen LogP contribution in [0.5, 0.6) is 0 Å². The molecule has 11 atom stereocenters. The molecule has 0 bridgehead atoms. The van der Waals surface area contributed by atoms with Gasteiger partial charge in [-0.25, -0.2) is 0 Å². The molecule has 5 heteroatoms. The van der Waals surface area contributed by atoms with Gasteiger partial charge in [-0.05, 0) is 89.8 Å². The molecule has 0 amide bonds. The van der Waals surface area contributed by atoms with Crippen molar-refractivity contribution >= 4 is 0 Å². The largest absolute Gasteiger partial charge is 0.396 e. The van der Waals surface area contributed by atoms with Gasteiger partial charge in [0.05, 0.1) is 36.4 Å². The van der Waals surface area contributed by atoms with E-state index in [2.05, 4.69) is 40.7 Å². The van der Waals surface area contributed by atoms with Gasteiger partial charge in [-0.2, -0.15) is 0 Å². The van der Waals surface area contributed by atoms with E-state index in [0.717, 1.165) is 32.1 Å². The molecular weight excluding hydrogens is 729 g/mol. The smallest absolute Gasteiger partial charge is 0.0913 e. The molecule has 4 saturated carbocycles. The first-order chi connectivity index (χ1) is 16.0. The fourth-order valence-corrected chi connectivity index (χ4v) is 10.9. The Morgan fingerprint density at radius 1 is 0.492 bits per heavy atom. The Balaban J connectivity index is -0.0000000352. The van der Waals surface area contributed by atoms with Crippen LogP contribution in [0.3, 0.4) is 0 Å². The van der Waals surface area contributed by atoms with Gasteiger partial charge in [-0.15, -0.1) is 0 Å². The maximum Gasteiger partial charge on any atom is 0.0913 e. The Morgan fingerprint density at radius 2 is 0.881 bits per heavy atom. The summed E-state index contributed by atoms with van der Waals surface area (Å²) in [6.45, 7) is 15.4. The number of hydrogen-bond donors (Lipinski definition) is 5. The second-order valence-electron chi connectivity index (χ2n) is 15.3. The lowest BCUT2D eigenvalue weighted by Gasteiger charge is -2.72. The molecule has 5 rings (SSSR count). The molecule has 4 fully saturated rings. The van der Waals surface area contributed by atoms with E-state index in [1.807, 2.05) is 13.8 Å². The van der Waals surface area contributed by atoms with Gasteiger partial charge in [0.2, 0.25) is 0 Å². The zero-order valence-electron chi connectivity index (χ0n) is 23.0. The number of hydrogen-bond acceptors (Lipinski definition) is 5. The van der Waals surface area contributed by atoms with E-state index in [4.69, 9.17) is 0 Å². The average molecular weight is 876 g/mol. The van der Waals surface area contributed by atoms with Crippen molar-refractivity contribution in [1.29, 1.82) is 0 Å². The molecule has 5 N–H and O–H groups in total. The maximum atomic E-state index is 11.7. The quantitative estimate of drug-likeness (QED) is 0.169. The Kier molecular flexibility index (Phi) is 86.6. The molecule has 0 heterocycles. The summed E-state index contributed by atoms with van der Waals surface area (Å²) in [6.07, 6.45) is 5.25. The highest BCUT2D eigenvalue weighted by atomic mass is 16.3. The Bertz CT molecular complexity index is 914. The molecule has 5 aliphatic rings. The first-order valence-electron chi connectivity index (χ1n) is 14.1. The zero-order chi connectivity index (χ0) is 26.0. The molecule has 5 aliphatic carbocycles. The number of aliphatic hydroxyl groups excluding tert-OH is 5. The Labute approximate surface area is 388 Å². The third-order valence-electron chi connectivity index (χ3n) is 13.4. The van der Waals surface area contributed by atoms with Crippen LogP contribution >= 0.6 is 0 Å². The molecule has 0 spiro atoms. The number of aliphatic hydroxyl groups is 5. The van der Waals surface area contributed by atoms with Crippen molar-refractivity contribution in [2.24, 2.45) is 50.2 Å². The monoisotopic (exact) mass is 875 g/mol. The minimum Gasteiger partial charge on any atom is -0.396 e. The molecule has 0 aliphatic heterocycles.